The van der Waals surface area contributed by atoms with E-state index >= 15 is 0 Å². The fourth-order valence-electron chi connectivity index (χ4n) is 1.90. The molecule has 1 aromatic carbocycles. The molecule has 2 atom stereocenters. The molecule has 0 aliphatic rings. The molecule has 2 amide bonds. The summed E-state index contributed by atoms with van der Waals surface area (Å²) < 4.78 is 0. The van der Waals surface area contributed by atoms with E-state index in [1.54, 1.807) is 12.1 Å². The predicted molar refractivity (Wildman–Crippen MR) is 99.6 cm³/mol. The molecule has 0 bridgehead atoms. The second-order valence-electron chi connectivity index (χ2n) is 5.69. The van der Waals surface area contributed by atoms with Crippen LogP contribution in [0.2, 0.25) is 0 Å². The normalized spacial score (nSPS) is 11.9. The summed E-state index contributed by atoms with van der Waals surface area (Å²) in [5.74, 6) is -1.34. The van der Waals surface area contributed by atoms with Crippen LogP contribution in [0.4, 0.5) is 5.69 Å². The van der Waals surface area contributed by atoms with Gasteiger partial charge in [0, 0.05) is 24.2 Å². The lowest BCUT2D eigenvalue weighted by Gasteiger charge is -2.13. The lowest BCUT2D eigenvalue weighted by molar-refractivity contribution is 0.0800. The monoisotopic (exact) mass is 404 g/mol. The fourth-order valence-corrected chi connectivity index (χ4v) is 1.90. The zero-order valence-corrected chi connectivity index (χ0v) is 15.2. The number of nitrogens with zero attached hydrogens (tertiary/aromatic N) is 3. The van der Waals surface area contributed by atoms with E-state index in [0.717, 1.165) is 0 Å². The Kier molecular flexibility index (Phi) is 9.73. The van der Waals surface area contributed by atoms with E-state index in [1.165, 1.54) is 18.2 Å². The summed E-state index contributed by atoms with van der Waals surface area (Å²) >= 11 is 0. The van der Waals surface area contributed by atoms with Gasteiger partial charge < -0.3 is 31.1 Å². The SMILES string of the molecule is N#CC(C#N)=NNc1cc(C(=O)NCC(O)CO)cc(C(=O)NCC(O)CO)c1. The molecule has 0 fully saturated rings. The van der Waals surface area contributed by atoms with Crippen LogP contribution in [0, 0.1) is 22.7 Å². The molecule has 29 heavy (non-hydrogen) atoms. The van der Waals surface area contributed by atoms with Gasteiger partial charge in [-0.1, -0.05) is 0 Å². The molecule has 0 aromatic heterocycles. The van der Waals surface area contributed by atoms with Crippen LogP contribution >= 0.6 is 0 Å². The highest BCUT2D eigenvalue weighted by molar-refractivity contribution is 6.10. The number of hydrogen-bond donors (Lipinski definition) is 7. The van der Waals surface area contributed by atoms with Crippen LogP contribution in [0.5, 0.6) is 0 Å². The Labute approximate surface area is 165 Å². The second-order valence-corrected chi connectivity index (χ2v) is 5.69. The van der Waals surface area contributed by atoms with Crippen LogP contribution in [0.15, 0.2) is 23.3 Å². The molecule has 0 aliphatic heterocycles. The quantitative estimate of drug-likeness (QED) is 0.164. The van der Waals surface area contributed by atoms with E-state index in [9.17, 15) is 19.8 Å². The lowest BCUT2D eigenvalue weighted by atomic mass is 10.1. The maximum absolute atomic E-state index is 12.3. The summed E-state index contributed by atoms with van der Waals surface area (Å²) in [5.41, 5.74) is 1.99. The van der Waals surface area contributed by atoms with Gasteiger partial charge >= 0.3 is 0 Å². The third-order valence-corrected chi connectivity index (χ3v) is 3.38. The van der Waals surface area contributed by atoms with Gasteiger partial charge in [0.25, 0.3) is 11.8 Å². The number of amides is 2. The minimum absolute atomic E-state index is 0.0151. The van der Waals surface area contributed by atoms with Gasteiger partial charge in [0.05, 0.1) is 31.1 Å². The Hall–Kier alpha value is -3.55. The van der Waals surface area contributed by atoms with E-state index in [4.69, 9.17) is 20.7 Å². The van der Waals surface area contributed by atoms with Crippen molar-refractivity contribution in [2.75, 3.05) is 31.7 Å². The Balaban J connectivity index is 3.13. The van der Waals surface area contributed by atoms with Gasteiger partial charge in [0.2, 0.25) is 5.71 Å². The molecule has 0 saturated heterocycles. The molecule has 12 nitrogen and oxygen atoms in total. The van der Waals surface area contributed by atoms with Crippen LogP contribution < -0.4 is 16.1 Å². The number of rotatable bonds is 10. The average Bonchev–Trinajstić information content (AvgIpc) is 2.75. The maximum atomic E-state index is 12.3. The third-order valence-electron chi connectivity index (χ3n) is 3.38. The highest BCUT2D eigenvalue weighted by Crippen LogP contribution is 2.16. The van der Waals surface area contributed by atoms with Crippen molar-refractivity contribution in [2.24, 2.45) is 5.10 Å². The Morgan fingerprint density at radius 2 is 1.38 bits per heavy atom. The summed E-state index contributed by atoms with van der Waals surface area (Å²) in [4.78, 5) is 24.6. The molecular weight excluding hydrogens is 384 g/mol. The maximum Gasteiger partial charge on any atom is 0.251 e. The van der Waals surface area contributed by atoms with Crippen molar-refractivity contribution in [1.29, 1.82) is 10.5 Å². The van der Waals surface area contributed by atoms with Crippen LogP contribution in [0.3, 0.4) is 0 Å². The van der Waals surface area contributed by atoms with Gasteiger partial charge in [-0.3, -0.25) is 15.0 Å². The molecule has 2 unspecified atom stereocenters. The number of nitriles is 2. The summed E-state index contributed by atoms with van der Waals surface area (Å²) in [7, 11) is 0. The van der Waals surface area contributed by atoms with E-state index < -0.39 is 42.9 Å². The molecule has 1 aromatic rings. The highest BCUT2D eigenvalue weighted by Gasteiger charge is 2.15. The van der Waals surface area contributed by atoms with Crippen molar-refractivity contribution in [3.8, 4) is 12.1 Å². The molecule has 7 N–H and O–H groups in total. The Morgan fingerprint density at radius 3 is 1.76 bits per heavy atom. The molecule has 0 radical (unpaired) electrons. The van der Waals surface area contributed by atoms with Crippen molar-refractivity contribution >= 4 is 23.2 Å². The van der Waals surface area contributed by atoms with Crippen molar-refractivity contribution in [3.63, 3.8) is 0 Å². The zero-order valence-electron chi connectivity index (χ0n) is 15.2. The second kappa shape index (κ2) is 12.0. The number of benzene rings is 1. The minimum Gasteiger partial charge on any atom is -0.394 e. The molecule has 0 spiro atoms. The molecule has 0 saturated carbocycles. The predicted octanol–water partition coefficient (Wildman–Crippen LogP) is -2.33. The minimum atomic E-state index is -1.17. The number of nitrogens with one attached hydrogen (secondary N) is 3. The number of aliphatic hydroxyl groups excluding tert-OH is 4. The third kappa shape index (κ3) is 7.92. The first-order chi connectivity index (χ1) is 13.8. The first-order valence-corrected chi connectivity index (χ1v) is 8.27. The number of hydrogen-bond acceptors (Lipinski definition) is 10. The van der Waals surface area contributed by atoms with E-state index in [1.807, 2.05) is 0 Å². The number of carbonyl (C=O) groups excluding carboxylic acids is 2. The van der Waals surface area contributed by atoms with Crippen LogP contribution in [0.25, 0.3) is 0 Å². The van der Waals surface area contributed by atoms with Crippen molar-refractivity contribution < 1.29 is 30.0 Å². The standard InChI is InChI=1S/C17H20N6O6/c18-4-13(5-19)23-22-12-2-10(16(28)20-6-14(26)8-24)1-11(3-12)17(29)21-7-15(27)9-25/h1-3,14-15,22,24-27H,6-9H2,(H,20,28)(H,21,29). The molecule has 0 heterocycles. The Bertz CT molecular complexity index is 784. The lowest BCUT2D eigenvalue weighted by Crippen LogP contribution is -2.35. The van der Waals surface area contributed by atoms with E-state index in [0.29, 0.717) is 0 Å². The molecular formula is C17H20N6O6. The number of hydrazone groups is 1. The van der Waals surface area contributed by atoms with Gasteiger partial charge in [-0.05, 0) is 18.2 Å². The fraction of sp³-hybridized carbons (Fsp3) is 0.353. The summed E-state index contributed by atoms with van der Waals surface area (Å²) in [6.07, 6.45) is -2.33. The van der Waals surface area contributed by atoms with E-state index in [-0.39, 0.29) is 29.9 Å². The first-order valence-electron chi connectivity index (χ1n) is 8.27. The molecule has 12 heteroatoms. The average molecular weight is 404 g/mol. The molecule has 154 valence electrons. The van der Waals surface area contributed by atoms with Crippen molar-refractivity contribution in [3.05, 3.63) is 29.3 Å². The van der Waals surface area contributed by atoms with Gasteiger partial charge in [-0.15, -0.1) is 0 Å². The highest BCUT2D eigenvalue weighted by atomic mass is 16.3. The van der Waals surface area contributed by atoms with Crippen molar-refractivity contribution in [1.82, 2.24) is 10.6 Å². The number of anilines is 1. The Morgan fingerprint density at radius 1 is 0.931 bits per heavy atom. The largest absolute Gasteiger partial charge is 0.394 e. The van der Waals surface area contributed by atoms with Gasteiger partial charge in [-0.25, -0.2) is 0 Å². The van der Waals surface area contributed by atoms with E-state index in [2.05, 4.69) is 21.2 Å². The number of aliphatic hydroxyl groups is 4. The molecule has 1 rings (SSSR count). The van der Waals surface area contributed by atoms with Crippen LogP contribution in [-0.2, 0) is 0 Å². The summed E-state index contributed by atoms with van der Waals surface area (Å²) in [5, 5.41) is 62.0. The van der Waals surface area contributed by atoms with Crippen LogP contribution in [-0.4, -0.2) is 76.5 Å². The summed E-state index contributed by atoms with van der Waals surface area (Å²) in [6, 6.07) is 6.88. The smallest absolute Gasteiger partial charge is 0.251 e. The number of carbonyl (C=O) groups is 2. The first kappa shape index (κ1) is 23.5. The van der Waals surface area contributed by atoms with Crippen molar-refractivity contribution in [2.45, 2.75) is 12.2 Å². The zero-order chi connectivity index (χ0) is 21.8. The topological polar surface area (TPSA) is 211 Å². The van der Waals surface area contributed by atoms with Crippen LogP contribution in [0.1, 0.15) is 20.7 Å². The molecule has 0 aliphatic carbocycles. The summed E-state index contributed by atoms with van der Waals surface area (Å²) in [6.45, 7) is -1.57. The van der Waals surface area contributed by atoms with Gasteiger partial charge in [0.15, 0.2) is 0 Å². The van der Waals surface area contributed by atoms with Gasteiger partial charge in [0.1, 0.15) is 12.1 Å². The van der Waals surface area contributed by atoms with Gasteiger partial charge in [-0.2, -0.15) is 15.6 Å².